The Morgan fingerprint density at radius 2 is 1.60 bits per heavy atom. The number of ether oxygens (including phenoxy) is 1. The topological polar surface area (TPSA) is 35.2 Å². The van der Waals surface area contributed by atoms with Crippen molar-refractivity contribution < 1.29 is 22.3 Å². The average molecular weight is 485 g/mol. The van der Waals surface area contributed by atoms with Crippen LogP contribution in [0.25, 0.3) is 0 Å². The van der Waals surface area contributed by atoms with Crippen LogP contribution in [0.3, 0.4) is 0 Å². The second-order valence-electron chi connectivity index (χ2n) is 5.35. The van der Waals surface area contributed by atoms with E-state index in [9.17, 15) is 17.6 Å². The molecule has 0 saturated carbocycles. The molecule has 2 N–H and O–H groups in total. The van der Waals surface area contributed by atoms with E-state index < -0.39 is 18.6 Å². The Balaban J connectivity index is 2.16. The predicted octanol–water partition coefficient (Wildman–Crippen LogP) is 6.08. The molecule has 0 saturated heterocycles. The molecule has 0 radical (unpaired) electrons. The smallest absolute Gasteiger partial charge is 0.428 e. The van der Waals surface area contributed by atoms with E-state index in [1.54, 1.807) is 6.07 Å². The van der Waals surface area contributed by atoms with Gasteiger partial charge in [0.15, 0.2) is 0 Å². The summed E-state index contributed by atoms with van der Waals surface area (Å²) in [6, 6.07) is 10.7. The first kappa shape index (κ1) is 20.2. The first-order valence-electron chi connectivity index (χ1n) is 7.34. The van der Waals surface area contributed by atoms with Crippen molar-refractivity contribution in [3.63, 3.8) is 0 Å². The number of hydrogen-bond acceptors (Lipinski definition) is 2. The molecule has 1 atom stereocenters. The van der Waals surface area contributed by atoms with Crippen molar-refractivity contribution in [1.29, 1.82) is 0 Å². The summed E-state index contributed by atoms with van der Waals surface area (Å²) in [6.45, 7) is 0. The number of nitrogens with two attached hydrogens (primary N) is 1. The van der Waals surface area contributed by atoms with Crippen molar-refractivity contribution in [2.45, 2.75) is 31.4 Å². The summed E-state index contributed by atoms with van der Waals surface area (Å²) in [6.07, 6.45) is -7.51. The van der Waals surface area contributed by atoms with E-state index in [0.29, 0.717) is 12.8 Å². The summed E-state index contributed by atoms with van der Waals surface area (Å²) in [4.78, 5) is 0. The van der Waals surface area contributed by atoms with Crippen LogP contribution in [-0.4, -0.2) is 12.5 Å². The van der Waals surface area contributed by atoms with Crippen LogP contribution in [0.4, 0.5) is 17.6 Å². The monoisotopic (exact) mass is 483 g/mol. The van der Waals surface area contributed by atoms with E-state index in [4.69, 9.17) is 5.73 Å². The first-order chi connectivity index (χ1) is 11.7. The molecule has 0 aromatic heterocycles. The Labute approximate surface area is 159 Å². The average Bonchev–Trinajstić information content (AvgIpc) is 2.54. The zero-order valence-corrected chi connectivity index (χ0v) is 16.0. The van der Waals surface area contributed by atoms with Crippen LogP contribution >= 0.6 is 31.9 Å². The fourth-order valence-corrected chi connectivity index (χ4v) is 3.69. The summed E-state index contributed by atoms with van der Waals surface area (Å²) in [5.41, 5.74) is 7.33. The van der Waals surface area contributed by atoms with Gasteiger partial charge in [0.1, 0.15) is 5.75 Å². The van der Waals surface area contributed by atoms with Crippen LogP contribution in [0.1, 0.15) is 23.6 Å². The largest absolute Gasteiger partial charge is 0.461 e. The molecule has 25 heavy (non-hydrogen) atoms. The molecule has 2 nitrogen and oxygen atoms in total. The van der Waals surface area contributed by atoms with Gasteiger partial charge in [-0.2, -0.15) is 17.6 Å². The maximum absolute atomic E-state index is 13.2. The van der Waals surface area contributed by atoms with Crippen molar-refractivity contribution >= 4 is 31.9 Å². The van der Waals surface area contributed by atoms with Crippen LogP contribution in [0, 0.1) is 0 Å². The minimum Gasteiger partial charge on any atom is -0.428 e. The molecule has 8 heteroatoms. The molecule has 2 aromatic rings. The zero-order chi connectivity index (χ0) is 18.6. The Bertz CT molecular complexity index is 707. The minimum absolute atomic E-state index is 0.256. The van der Waals surface area contributed by atoms with Crippen LogP contribution < -0.4 is 10.5 Å². The maximum Gasteiger partial charge on any atom is 0.461 e. The molecular weight excluding hydrogens is 470 g/mol. The summed E-state index contributed by atoms with van der Waals surface area (Å²) in [5.74, 6) is -0.341. The number of para-hydroxylation sites is 1. The van der Waals surface area contributed by atoms with Gasteiger partial charge < -0.3 is 10.5 Å². The van der Waals surface area contributed by atoms with Gasteiger partial charge in [-0.05, 0) is 36.6 Å². The van der Waals surface area contributed by atoms with Crippen molar-refractivity contribution in [2.75, 3.05) is 0 Å². The number of halogens is 6. The van der Waals surface area contributed by atoms with Crippen LogP contribution in [0.2, 0.25) is 0 Å². The Hall–Kier alpha value is -1.12. The van der Waals surface area contributed by atoms with Crippen molar-refractivity contribution in [2.24, 2.45) is 5.73 Å². The standard InChI is InChI=1S/C17H15Br2F4NO/c18-12-5-3-6-13(19)10(12)8-9-14(24)11-4-1-2-7-15(11)25-17(22,23)16(20)21/h1-7,14,16H,8-9,24H2. The van der Waals surface area contributed by atoms with Crippen molar-refractivity contribution in [3.8, 4) is 5.75 Å². The number of alkyl halides is 4. The highest BCUT2D eigenvalue weighted by Gasteiger charge is 2.44. The lowest BCUT2D eigenvalue weighted by Crippen LogP contribution is -2.34. The zero-order valence-electron chi connectivity index (χ0n) is 12.9. The highest BCUT2D eigenvalue weighted by atomic mass is 79.9. The molecule has 0 spiro atoms. The van der Waals surface area contributed by atoms with E-state index in [1.165, 1.54) is 18.2 Å². The van der Waals surface area contributed by atoms with Gasteiger partial charge in [-0.1, -0.05) is 56.1 Å². The van der Waals surface area contributed by atoms with Gasteiger partial charge in [0.05, 0.1) is 0 Å². The molecule has 0 aliphatic carbocycles. The second kappa shape index (κ2) is 8.51. The van der Waals surface area contributed by atoms with Crippen LogP contribution in [-0.2, 0) is 6.42 Å². The first-order valence-corrected chi connectivity index (χ1v) is 8.93. The molecular formula is C17H15Br2F4NO. The Morgan fingerprint density at radius 3 is 2.20 bits per heavy atom. The van der Waals surface area contributed by atoms with E-state index >= 15 is 0 Å². The number of rotatable bonds is 7. The molecule has 0 amide bonds. The van der Waals surface area contributed by atoms with E-state index in [1.807, 2.05) is 18.2 Å². The Morgan fingerprint density at radius 1 is 1.00 bits per heavy atom. The SMILES string of the molecule is NC(CCc1c(Br)cccc1Br)c1ccccc1OC(F)(F)C(F)F. The molecule has 0 bridgehead atoms. The number of hydrogen-bond donors (Lipinski definition) is 1. The van der Waals surface area contributed by atoms with E-state index in [0.717, 1.165) is 14.5 Å². The highest BCUT2D eigenvalue weighted by molar-refractivity contribution is 9.11. The van der Waals surface area contributed by atoms with Gasteiger partial charge in [0.25, 0.3) is 0 Å². The van der Waals surface area contributed by atoms with Gasteiger partial charge >= 0.3 is 12.5 Å². The third-order valence-corrected chi connectivity index (χ3v) is 5.07. The summed E-state index contributed by atoms with van der Waals surface area (Å²) in [5, 5.41) is 0. The third kappa shape index (κ3) is 5.18. The maximum atomic E-state index is 13.2. The molecule has 1 unspecified atom stereocenters. The van der Waals surface area contributed by atoms with Crippen LogP contribution in [0.5, 0.6) is 5.75 Å². The van der Waals surface area contributed by atoms with Crippen LogP contribution in [0.15, 0.2) is 51.4 Å². The second-order valence-corrected chi connectivity index (χ2v) is 7.06. The quantitative estimate of drug-likeness (QED) is 0.483. The Kier molecular flexibility index (Phi) is 6.87. The van der Waals surface area contributed by atoms with Crippen molar-refractivity contribution in [1.82, 2.24) is 0 Å². The molecule has 136 valence electrons. The molecule has 0 fully saturated rings. The fraction of sp³-hybridized carbons (Fsp3) is 0.294. The predicted molar refractivity (Wildman–Crippen MR) is 95.1 cm³/mol. The van der Waals surface area contributed by atoms with Gasteiger partial charge in [-0.3, -0.25) is 0 Å². The lowest BCUT2D eigenvalue weighted by atomic mass is 9.99. The van der Waals surface area contributed by atoms with Gasteiger partial charge in [0, 0.05) is 20.6 Å². The lowest BCUT2D eigenvalue weighted by molar-refractivity contribution is -0.253. The molecule has 0 heterocycles. The highest BCUT2D eigenvalue weighted by Crippen LogP contribution is 2.34. The lowest BCUT2D eigenvalue weighted by Gasteiger charge is -2.21. The summed E-state index contributed by atoms with van der Waals surface area (Å²) in [7, 11) is 0. The normalized spacial score (nSPS) is 13.1. The summed E-state index contributed by atoms with van der Waals surface area (Å²) >= 11 is 6.89. The third-order valence-electron chi connectivity index (χ3n) is 3.59. The molecule has 2 aromatic carbocycles. The van der Waals surface area contributed by atoms with Gasteiger partial charge in [-0.15, -0.1) is 0 Å². The minimum atomic E-state index is -4.57. The fourth-order valence-electron chi connectivity index (χ4n) is 2.30. The van der Waals surface area contributed by atoms with Crippen molar-refractivity contribution in [3.05, 3.63) is 62.5 Å². The van der Waals surface area contributed by atoms with Gasteiger partial charge in [-0.25, -0.2) is 0 Å². The van der Waals surface area contributed by atoms with E-state index in [2.05, 4.69) is 36.6 Å². The number of benzene rings is 2. The molecule has 0 aliphatic rings. The summed E-state index contributed by atoms with van der Waals surface area (Å²) < 4.78 is 57.2. The van der Waals surface area contributed by atoms with Gasteiger partial charge in [0.2, 0.25) is 0 Å². The molecule has 2 rings (SSSR count). The van der Waals surface area contributed by atoms with E-state index in [-0.39, 0.29) is 11.3 Å². The molecule has 0 aliphatic heterocycles.